The van der Waals surface area contributed by atoms with E-state index in [1.807, 2.05) is 20.8 Å². The molecule has 0 radical (unpaired) electrons. The van der Waals surface area contributed by atoms with E-state index >= 15 is 0 Å². The van der Waals surface area contributed by atoms with Gasteiger partial charge in [-0.2, -0.15) is 5.10 Å². The molecule has 5 nitrogen and oxygen atoms in total. The SMILES string of the molecule is CCNCc1c(C(=O)O)cnn1C(C)C. The van der Waals surface area contributed by atoms with E-state index in [1.165, 1.54) is 6.20 Å². The maximum Gasteiger partial charge on any atom is 0.339 e. The smallest absolute Gasteiger partial charge is 0.339 e. The Morgan fingerprint density at radius 1 is 1.67 bits per heavy atom. The maximum atomic E-state index is 10.9. The number of aromatic carboxylic acids is 1. The molecule has 2 N–H and O–H groups in total. The molecule has 0 fully saturated rings. The van der Waals surface area contributed by atoms with E-state index in [1.54, 1.807) is 4.68 Å². The molecule has 0 spiro atoms. The maximum absolute atomic E-state index is 10.9. The second kappa shape index (κ2) is 4.93. The number of aromatic nitrogens is 2. The number of nitrogens with one attached hydrogen (secondary N) is 1. The van der Waals surface area contributed by atoms with Gasteiger partial charge in [0.1, 0.15) is 5.56 Å². The van der Waals surface area contributed by atoms with Gasteiger partial charge in [-0.1, -0.05) is 6.92 Å². The first-order valence-corrected chi connectivity index (χ1v) is 5.08. The summed E-state index contributed by atoms with van der Waals surface area (Å²) in [7, 11) is 0. The summed E-state index contributed by atoms with van der Waals surface area (Å²) in [6.07, 6.45) is 1.41. The number of carboxylic acid groups (broad SMARTS) is 1. The lowest BCUT2D eigenvalue weighted by molar-refractivity contribution is 0.0695. The van der Waals surface area contributed by atoms with Crippen LogP contribution in [0.5, 0.6) is 0 Å². The Hall–Kier alpha value is -1.36. The number of rotatable bonds is 5. The van der Waals surface area contributed by atoms with Crippen molar-refractivity contribution in [2.45, 2.75) is 33.4 Å². The Bertz CT molecular complexity index is 344. The van der Waals surface area contributed by atoms with Crippen molar-refractivity contribution in [3.8, 4) is 0 Å². The Balaban J connectivity index is 3.03. The van der Waals surface area contributed by atoms with Crippen molar-refractivity contribution in [1.82, 2.24) is 15.1 Å². The number of hydrogen-bond acceptors (Lipinski definition) is 3. The van der Waals surface area contributed by atoms with Crippen LogP contribution in [-0.2, 0) is 6.54 Å². The first kappa shape index (κ1) is 11.7. The predicted molar refractivity (Wildman–Crippen MR) is 57.0 cm³/mol. The molecule has 1 rings (SSSR count). The molecule has 0 aromatic carbocycles. The van der Waals surface area contributed by atoms with Crippen LogP contribution >= 0.6 is 0 Å². The quantitative estimate of drug-likeness (QED) is 0.769. The largest absolute Gasteiger partial charge is 0.478 e. The Kier molecular flexibility index (Phi) is 3.85. The molecule has 1 aromatic rings. The van der Waals surface area contributed by atoms with Crippen molar-refractivity contribution >= 4 is 5.97 Å². The van der Waals surface area contributed by atoms with Crippen molar-refractivity contribution < 1.29 is 9.90 Å². The minimum atomic E-state index is -0.921. The van der Waals surface area contributed by atoms with Gasteiger partial charge >= 0.3 is 5.97 Å². The Morgan fingerprint density at radius 2 is 2.33 bits per heavy atom. The summed E-state index contributed by atoms with van der Waals surface area (Å²) in [5.74, 6) is -0.921. The van der Waals surface area contributed by atoms with E-state index in [4.69, 9.17) is 5.11 Å². The van der Waals surface area contributed by atoms with Crippen LogP contribution in [0.1, 0.15) is 42.9 Å². The molecule has 0 saturated carbocycles. The summed E-state index contributed by atoms with van der Waals surface area (Å²) in [5, 5.41) is 16.2. The van der Waals surface area contributed by atoms with E-state index in [9.17, 15) is 4.79 Å². The first-order valence-electron chi connectivity index (χ1n) is 5.08. The summed E-state index contributed by atoms with van der Waals surface area (Å²) >= 11 is 0. The lowest BCUT2D eigenvalue weighted by Crippen LogP contribution is -2.19. The highest BCUT2D eigenvalue weighted by Crippen LogP contribution is 2.13. The zero-order valence-electron chi connectivity index (χ0n) is 9.32. The van der Waals surface area contributed by atoms with Crippen molar-refractivity contribution in [2.75, 3.05) is 6.54 Å². The standard InChI is InChI=1S/C10H17N3O2/c1-4-11-6-9-8(10(14)15)5-12-13(9)7(2)3/h5,7,11H,4,6H2,1-3H3,(H,14,15). The second-order valence-electron chi connectivity index (χ2n) is 3.63. The van der Waals surface area contributed by atoms with E-state index < -0.39 is 5.97 Å². The zero-order valence-corrected chi connectivity index (χ0v) is 9.32. The van der Waals surface area contributed by atoms with Gasteiger partial charge in [0.05, 0.1) is 11.9 Å². The molecule has 5 heteroatoms. The molecule has 0 aliphatic rings. The summed E-state index contributed by atoms with van der Waals surface area (Å²) in [6.45, 7) is 7.29. The van der Waals surface area contributed by atoms with E-state index in [2.05, 4.69) is 10.4 Å². The molecule has 0 amide bonds. The minimum Gasteiger partial charge on any atom is -0.478 e. The second-order valence-corrected chi connectivity index (χ2v) is 3.63. The van der Waals surface area contributed by atoms with E-state index in [0.29, 0.717) is 6.54 Å². The van der Waals surface area contributed by atoms with Gasteiger partial charge in [0.25, 0.3) is 0 Å². The normalized spacial score (nSPS) is 10.9. The van der Waals surface area contributed by atoms with Gasteiger partial charge in [0.15, 0.2) is 0 Å². The number of carboxylic acids is 1. The van der Waals surface area contributed by atoms with E-state index in [0.717, 1.165) is 12.2 Å². The van der Waals surface area contributed by atoms with Crippen LogP contribution < -0.4 is 5.32 Å². The third kappa shape index (κ3) is 2.56. The molecule has 84 valence electrons. The van der Waals surface area contributed by atoms with Crippen LogP contribution in [0.2, 0.25) is 0 Å². The molecule has 0 saturated heterocycles. The highest BCUT2D eigenvalue weighted by Gasteiger charge is 2.17. The van der Waals surface area contributed by atoms with Gasteiger partial charge in [-0.15, -0.1) is 0 Å². The van der Waals surface area contributed by atoms with Crippen LogP contribution in [0.4, 0.5) is 0 Å². The van der Waals surface area contributed by atoms with Crippen molar-refractivity contribution in [2.24, 2.45) is 0 Å². The molecule has 0 bridgehead atoms. The fraction of sp³-hybridized carbons (Fsp3) is 0.600. The molecule has 0 atom stereocenters. The molecule has 0 aliphatic carbocycles. The van der Waals surface area contributed by atoms with Gasteiger partial charge in [0, 0.05) is 12.6 Å². The highest BCUT2D eigenvalue weighted by molar-refractivity contribution is 5.88. The predicted octanol–water partition coefficient (Wildman–Crippen LogP) is 1.27. The molecule has 0 aliphatic heterocycles. The van der Waals surface area contributed by atoms with Crippen molar-refractivity contribution in [1.29, 1.82) is 0 Å². The van der Waals surface area contributed by atoms with Crippen LogP contribution in [0.3, 0.4) is 0 Å². The van der Waals surface area contributed by atoms with Crippen LogP contribution in [-0.4, -0.2) is 27.4 Å². The van der Waals surface area contributed by atoms with Crippen LogP contribution in [0, 0.1) is 0 Å². The van der Waals surface area contributed by atoms with Gasteiger partial charge < -0.3 is 10.4 Å². The minimum absolute atomic E-state index is 0.173. The highest BCUT2D eigenvalue weighted by atomic mass is 16.4. The molecule has 1 heterocycles. The number of nitrogens with zero attached hydrogens (tertiary/aromatic N) is 2. The lowest BCUT2D eigenvalue weighted by atomic mass is 10.2. The van der Waals surface area contributed by atoms with Crippen LogP contribution in [0.25, 0.3) is 0 Å². The topological polar surface area (TPSA) is 67.2 Å². The molecule has 1 aromatic heterocycles. The van der Waals surface area contributed by atoms with Crippen molar-refractivity contribution in [3.05, 3.63) is 17.5 Å². The number of hydrogen-bond donors (Lipinski definition) is 2. The first-order chi connectivity index (χ1) is 7.07. The van der Waals surface area contributed by atoms with Crippen LogP contribution in [0.15, 0.2) is 6.20 Å². The van der Waals surface area contributed by atoms with Gasteiger partial charge in [-0.3, -0.25) is 4.68 Å². The summed E-state index contributed by atoms with van der Waals surface area (Å²) in [6, 6.07) is 0.173. The average Bonchev–Trinajstić information content (AvgIpc) is 2.57. The fourth-order valence-electron chi connectivity index (χ4n) is 1.43. The van der Waals surface area contributed by atoms with Gasteiger partial charge in [-0.05, 0) is 20.4 Å². The third-order valence-electron chi connectivity index (χ3n) is 2.16. The Morgan fingerprint density at radius 3 is 2.80 bits per heavy atom. The molecule has 15 heavy (non-hydrogen) atoms. The number of carbonyl (C=O) groups is 1. The average molecular weight is 211 g/mol. The zero-order chi connectivity index (χ0) is 11.4. The summed E-state index contributed by atoms with van der Waals surface area (Å²) in [5.41, 5.74) is 1.02. The van der Waals surface area contributed by atoms with Gasteiger partial charge in [0.2, 0.25) is 0 Å². The monoisotopic (exact) mass is 211 g/mol. The van der Waals surface area contributed by atoms with Crippen molar-refractivity contribution in [3.63, 3.8) is 0 Å². The van der Waals surface area contributed by atoms with E-state index in [-0.39, 0.29) is 11.6 Å². The summed E-state index contributed by atoms with van der Waals surface area (Å²) in [4.78, 5) is 10.9. The summed E-state index contributed by atoms with van der Waals surface area (Å²) < 4.78 is 1.74. The molecular weight excluding hydrogens is 194 g/mol. The molecular formula is C10H17N3O2. The third-order valence-corrected chi connectivity index (χ3v) is 2.16. The van der Waals surface area contributed by atoms with Gasteiger partial charge in [-0.25, -0.2) is 4.79 Å². The Labute approximate surface area is 89.1 Å². The lowest BCUT2D eigenvalue weighted by Gasteiger charge is -2.11. The fourth-order valence-corrected chi connectivity index (χ4v) is 1.43. The molecule has 0 unspecified atom stereocenters.